The van der Waals surface area contributed by atoms with E-state index in [9.17, 15) is 4.79 Å². The molecule has 8 heteroatoms. The predicted octanol–water partition coefficient (Wildman–Crippen LogP) is 3.82. The molecule has 0 bridgehead atoms. The first-order chi connectivity index (χ1) is 13.7. The van der Waals surface area contributed by atoms with E-state index in [-0.39, 0.29) is 5.91 Å². The standard InChI is InChI=1S/C20H20N4O2S2/c1-26-16-7-4-14(5-8-16)6-9-18(25)21-11-10-15-13-28-20-22-19(23-24(15)20)17-3-2-12-27-17/h2-5,7-8,12-13H,6,9-11H2,1H3,(H,21,25). The Morgan fingerprint density at radius 3 is 2.79 bits per heavy atom. The molecule has 0 saturated heterocycles. The second kappa shape index (κ2) is 8.53. The van der Waals surface area contributed by atoms with Crippen molar-refractivity contribution in [2.45, 2.75) is 19.3 Å². The van der Waals surface area contributed by atoms with E-state index in [0.717, 1.165) is 39.1 Å². The van der Waals surface area contributed by atoms with Crippen LogP contribution in [-0.4, -0.2) is 34.2 Å². The zero-order valence-corrected chi connectivity index (χ0v) is 17.1. The Balaban J connectivity index is 1.28. The van der Waals surface area contributed by atoms with Crippen LogP contribution in [0.4, 0.5) is 0 Å². The Labute approximate surface area is 170 Å². The van der Waals surface area contributed by atoms with Crippen LogP contribution in [0.5, 0.6) is 5.75 Å². The molecule has 6 nitrogen and oxygen atoms in total. The van der Waals surface area contributed by atoms with Gasteiger partial charge in [-0.2, -0.15) is 4.98 Å². The van der Waals surface area contributed by atoms with Crippen molar-refractivity contribution < 1.29 is 9.53 Å². The van der Waals surface area contributed by atoms with Crippen LogP contribution in [0.3, 0.4) is 0 Å². The lowest BCUT2D eigenvalue weighted by Crippen LogP contribution is -2.26. The fourth-order valence-electron chi connectivity index (χ4n) is 2.88. The van der Waals surface area contributed by atoms with Gasteiger partial charge in [0.15, 0.2) is 5.82 Å². The Morgan fingerprint density at radius 1 is 1.18 bits per heavy atom. The number of rotatable bonds is 8. The molecule has 0 radical (unpaired) electrons. The van der Waals surface area contributed by atoms with Crippen molar-refractivity contribution in [3.05, 3.63) is 58.4 Å². The maximum atomic E-state index is 12.1. The summed E-state index contributed by atoms with van der Waals surface area (Å²) in [6.07, 6.45) is 1.91. The molecular formula is C20H20N4O2S2. The summed E-state index contributed by atoms with van der Waals surface area (Å²) in [6.45, 7) is 0.585. The number of thiophene rings is 1. The number of methoxy groups -OCH3 is 1. The van der Waals surface area contributed by atoms with Gasteiger partial charge in [0.2, 0.25) is 10.9 Å². The highest BCUT2D eigenvalue weighted by atomic mass is 32.1. The lowest BCUT2D eigenvalue weighted by molar-refractivity contribution is -0.121. The van der Waals surface area contributed by atoms with E-state index < -0.39 is 0 Å². The molecule has 0 atom stereocenters. The number of ether oxygens (including phenoxy) is 1. The van der Waals surface area contributed by atoms with Crippen LogP contribution in [-0.2, 0) is 17.6 Å². The molecule has 0 unspecified atom stereocenters. The molecule has 0 aliphatic heterocycles. The average molecular weight is 413 g/mol. The van der Waals surface area contributed by atoms with Gasteiger partial charge in [0.25, 0.3) is 0 Å². The predicted molar refractivity (Wildman–Crippen MR) is 112 cm³/mol. The highest BCUT2D eigenvalue weighted by Gasteiger charge is 2.12. The van der Waals surface area contributed by atoms with E-state index in [1.165, 1.54) is 0 Å². The van der Waals surface area contributed by atoms with Crippen LogP contribution in [0.25, 0.3) is 15.7 Å². The lowest BCUT2D eigenvalue weighted by Gasteiger charge is -2.06. The van der Waals surface area contributed by atoms with Crippen LogP contribution in [0.2, 0.25) is 0 Å². The number of nitrogens with one attached hydrogen (secondary N) is 1. The lowest BCUT2D eigenvalue weighted by atomic mass is 10.1. The number of carbonyl (C=O) groups excluding carboxylic acids is 1. The molecule has 4 rings (SSSR count). The number of amides is 1. The maximum Gasteiger partial charge on any atom is 0.220 e. The third-order valence-corrected chi connectivity index (χ3v) is 6.13. The van der Waals surface area contributed by atoms with Crippen LogP contribution in [0.1, 0.15) is 17.7 Å². The summed E-state index contributed by atoms with van der Waals surface area (Å²) >= 11 is 3.20. The van der Waals surface area contributed by atoms with Gasteiger partial charge < -0.3 is 10.1 Å². The second-order valence-corrected chi connectivity index (χ2v) is 8.07. The normalized spacial score (nSPS) is 11.0. The van der Waals surface area contributed by atoms with Gasteiger partial charge in [-0.05, 0) is 35.6 Å². The van der Waals surface area contributed by atoms with Crippen molar-refractivity contribution in [2.24, 2.45) is 0 Å². The molecule has 1 amide bonds. The minimum Gasteiger partial charge on any atom is -0.497 e. The first-order valence-corrected chi connectivity index (χ1v) is 10.8. The summed E-state index contributed by atoms with van der Waals surface area (Å²) in [5.74, 6) is 1.64. The average Bonchev–Trinajstić information content (AvgIpc) is 3.44. The molecule has 0 aliphatic carbocycles. The van der Waals surface area contributed by atoms with E-state index in [4.69, 9.17) is 4.74 Å². The van der Waals surface area contributed by atoms with Crippen molar-refractivity contribution in [1.82, 2.24) is 19.9 Å². The van der Waals surface area contributed by atoms with Gasteiger partial charge in [-0.3, -0.25) is 4.79 Å². The van der Waals surface area contributed by atoms with Gasteiger partial charge >= 0.3 is 0 Å². The number of aromatic nitrogens is 3. The molecule has 0 saturated carbocycles. The summed E-state index contributed by atoms with van der Waals surface area (Å²) < 4.78 is 7.03. The van der Waals surface area contributed by atoms with Crippen molar-refractivity contribution in [2.75, 3.05) is 13.7 Å². The minimum atomic E-state index is 0.0557. The molecule has 4 aromatic rings. The second-order valence-electron chi connectivity index (χ2n) is 6.28. The van der Waals surface area contributed by atoms with Gasteiger partial charge in [0.05, 0.1) is 17.7 Å². The molecule has 0 spiro atoms. The first kappa shape index (κ1) is 18.6. The number of carbonyl (C=O) groups is 1. The summed E-state index contributed by atoms with van der Waals surface area (Å²) in [5, 5.41) is 11.7. The van der Waals surface area contributed by atoms with E-state index >= 15 is 0 Å². The fourth-order valence-corrected chi connectivity index (χ4v) is 4.38. The number of hydrogen-bond donors (Lipinski definition) is 1. The number of thiazole rings is 1. The third-order valence-electron chi connectivity index (χ3n) is 4.39. The minimum absolute atomic E-state index is 0.0557. The van der Waals surface area contributed by atoms with Crippen molar-refractivity contribution in [1.29, 1.82) is 0 Å². The van der Waals surface area contributed by atoms with Gasteiger partial charge in [-0.25, -0.2) is 4.52 Å². The van der Waals surface area contributed by atoms with Crippen molar-refractivity contribution >= 4 is 33.5 Å². The molecule has 0 fully saturated rings. The van der Waals surface area contributed by atoms with Gasteiger partial charge in [-0.15, -0.1) is 27.8 Å². The molecule has 1 aromatic carbocycles. The number of aryl methyl sites for hydroxylation is 1. The molecule has 28 heavy (non-hydrogen) atoms. The SMILES string of the molecule is COc1ccc(CCC(=O)NCCc2csc3nc(-c4cccs4)nn23)cc1. The zero-order chi connectivity index (χ0) is 19.3. The molecule has 0 aliphatic rings. The molecule has 144 valence electrons. The maximum absolute atomic E-state index is 12.1. The van der Waals surface area contributed by atoms with E-state index in [1.54, 1.807) is 29.8 Å². The van der Waals surface area contributed by atoms with E-state index in [0.29, 0.717) is 19.4 Å². The van der Waals surface area contributed by atoms with Crippen molar-refractivity contribution in [3.8, 4) is 16.5 Å². The highest BCUT2D eigenvalue weighted by molar-refractivity contribution is 7.15. The molecule has 3 heterocycles. The number of benzene rings is 1. The van der Waals surface area contributed by atoms with Gasteiger partial charge in [0, 0.05) is 24.8 Å². The molecule has 3 aromatic heterocycles. The number of nitrogens with zero attached hydrogens (tertiary/aromatic N) is 3. The summed E-state index contributed by atoms with van der Waals surface area (Å²) in [6, 6.07) is 11.8. The monoisotopic (exact) mass is 412 g/mol. The van der Waals surface area contributed by atoms with Gasteiger partial charge in [0.1, 0.15) is 5.75 Å². The fraction of sp³-hybridized carbons (Fsp3) is 0.250. The zero-order valence-electron chi connectivity index (χ0n) is 15.4. The summed E-state index contributed by atoms with van der Waals surface area (Å²) in [7, 11) is 1.64. The topological polar surface area (TPSA) is 68.5 Å². The van der Waals surface area contributed by atoms with Crippen molar-refractivity contribution in [3.63, 3.8) is 0 Å². The Morgan fingerprint density at radius 2 is 2.04 bits per heavy atom. The van der Waals surface area contributed by atoms with Crippen LogP contribution < -0.4 is 10.1 Å². The molecular weight excluding hydrogens is 392 g/mol. The third kappa shape index (κ3) is 4.23. The summed E-state index contributed by atoms with van der Waals surface area (Å²) in [5.41, 5.74) is 2.19. The van der Waals surface area contributed by atoms with Gasteiger partial charge in [-0.1, -0.05) is 18.2 Å². The smallest absolute Gasteiger partial charge is 0.220 e. The Hall–Kier alpha value is -2.71. The van der Waals surface area contributed by atoms with E-state index in [2.05, 4.69) is 20.8 Å². The Bertz CT molecular complexity index is 1050. The Kier molecular flexibility index (Phi) is 5.68. The van der Waals surface area contributed by atoms with E-state index in [1.807, 2.05) is 46.3 Å². The quantitative estimate of drug-likeness (QED) is 0.478. The van der Waals surface area contributed by atoms with Crippen LogP contribution in [0.15, 0.2) is 47.2 Å². The van der Waals surface area contributed by atoms with Crippen LogP contribution in [0, 0.1) is 0 Å². The largest absolute Gasteiger partial charge is 0.497 e. The number of fused-ring (bicyclic) bond motifs is 1. The first-order valence-electron chi connectivity index (χ1n) is 8.99. The number of hydrogen-bond acceptors (Lipinski definition) is 6. The van der Waals surface area contributed by atoms with Crippen LogP contribution >= 0.6 is 22.7 Å². The highest BCUT2D eigenvalue weighted by Crippen LogP contribution is 2.24. The molecule has 1 N–H and O–H groups in total. The summed E-state index contributed by atoms with van der Waals surface area (Å²) in [4.78, 5) is 18.6.